The molecular weight excluding hydrogens is 456 g/mol. The molecular formula is C27H22N6OS. The Balaban J connectivity index is 1.48. The van der Waals surface area contributed by atoms with Crippen molar-refractivity contribution in [2.24, 2.45) is 0 Å². The highest BCUT2D eigenvalue weighted by molar-refractivity contribution is 7.99. The summed E-state index contributed by atoms with van der Waals surface area (Å²) in [6, 6.07) is 21.8. The number of benzene rings is 2. The molecule has 5 rings (SSSR count). The van der Waals surface area contributed by atoms with Crippen LogP contribution in [0.1, 0.15) is 22.3 Å². The molecule has 2 aromatic carbocycles. The van der Waals surface area contributed by atoms with E-state index >= 15 is 0 Å². The average molecular weight is 479 g/mol. The molecule has 3 aromatic heterocycles. The maximum Gasteiger partial charge on any atom is 0.196 e. The minimum absolute atomic E-state index is 0.00386. The summed E-state index contributed by atoms with van der Waals surface area (Å²) in [7, 11) is 0. The number of Topliss-reactive ketones (excluding diaryl/α,β-unsaturated/α-hetero) is 1. The highest BCUT2D eigenvalue weighted by atomic mass is 32.2. The Bertz CT molecular complexity index is 1550. The Morgan fingerprint density at radius 3 is 2.69 bits per heavy atom. The summed E-state index contributed by atoms with van der Waals surface area (Å²) in [4.78, 5) is 17.6. The van der Waals surface area contributed by atoms with Gasteiger partial charge in [0, 0.05) is 47.2 Å². The number of fused-ring (bicyclic) bond motifs is 1. The first-order valence-electron chi connectivity index (χ1n) is 11.2. The Labute approximate surface area is 207 Å². The zero-order valence-electron chi connectivity index (χ0n) is 19.1. The number of thioether (sulfide) groups is 1. The molecule has 7 nitrogen and oxygen atoms in total. The number of ketones is 1. The van der Waals surface area contributed by atoms with Crippen LogP contribution in [-0.4, -0.2) is 35.9 Å². The molecule has 172 valence electrons. The van der Waals surface area contributed by atoms with Gasteiger partial charge in [-0.2, -0.15) is 5.26 Å². The fraction of sp³-hybridized carbons (Fsp3) is 0.148. The number of para-hydroxylation sites is 2. The molecule has 5 aromatic rings. The molecule has 0 bridgehead atoms. The number of nitriles is 1. The van der Waals surface area contributed by atoms with Crippen LogP contribution in [0.15, 0.2) is 84.4 Å². The lowest BCUT2D eigenvalue weighted by Gasteiger charge is -2.12. The lowest BCUT2D eigenvalue weighted by molar-refractivity contribution is 0.102. The third-order valence-electron chi connectivity index (χ3n) is 5.80. The number of pyridine rings is 1. The summed E-state index contributed by atoms with van der Waals surface area (Å²) in [6.45, 7) is 2.59. The fourth-order valence-corrected chi connectivity index (χ4v) is 4.94. The van der Waals surface area contributed by atoms with Crippen molar-refractivity contribution >= 4 is 28.4 Å². The van der Waals surface area contributed by atoms with Crippen LogP contribution >= 0.6 is 11.8 Å². The Kier molecular flexibility index (Phi) is 6.42. The van der Waals surface area contributed by atoms with Gasteiger partial charge in [-0.25, -0.2) is 0 Å². The lowest BCUT2D eigenvalue weighted by Crippen LogP contribution is -2.06. The van der Waals surface area contributed by atoms with E-state index in [4.69, 9.17) is 5.26 Å². The molecule has 0 aliphatic carbocycles. The second-order valence-electron chi connectivity index (χ2n) is 8.04. The van der Waals surface area contributed by atoms with Crippen molar-refractivity contribution in [1.29, 1.82) is 5.26 Å². The van der Waals surface area contributed by atoms with E-state index in [0.29, 0.717) is 29.5 Å². The molecule has 0 aliphatic heterocycles. The van der Waals surface area contributed by atoms with Gasteiger partial charge in [0.05, 0.1) is 23.9 Å². The Morgan fingerprint density at radius 2 is 1.89 bits per heavy atom. The molecule has 0 saturated heterocycles. The quantitative estimate of drug-likeness (QED) is 0.217. The molecule has 0 unspecified atom stereocenters. The first kappa shape index (κ1) is 22.6. The maximum atomic E-state index is 13.3. The maximum absolute atomic E-state index is 13.3. The first-order chi connectivity index (χ1) is 17.2. The molecule has 0 atom stereocenters. The number of aromatic nitrogens is 5. The average Bonchev–Trinajstić information content (AvgIpc) is 3.49. The Hall–Kier alpha value is -4.22. The molecule has 0 N–H and O–H groups in total. The number of aryl methyl sites for hydroxylation is 2. The van der Waals surface area contributed by atoms with E-state index in [9.17, 15) is 4.79 Å². The van der Waals surface area contributed by atoms with Gasteiger partial charge < -0.3 is 4.57 Å². The first-order valence-corrected chi connectivity index (χ1v) is 12.2. The van der Waals surface area contributed by atoms with Gasteiger partial charge in [-0.1, -0.05) is 48.2 Å². The molecule has 0 radical (unpaired) electrons. The molecule has 3 heterocycles. The van der Waals surface area contributed by atoms with E-state index < -0.39 is 0 Å². The van der Waals surface area contributed by atoms with E-state index in [1.165, 1.54) is 11.8 Å². The number of hydrogen-bond acceptors (Lipinski definition) is 6. The molecule has 35 heavy (non-hydrogen) atoms. The van der Waals surface area contributed by atoms with Gasteiger partial charge >= 0.3 is 0 Å². The van der Waals surface area contributed by atoms with Gasteiger partial charge in [0.2, 0.25) is 0 Å². The van der Waals surface area contributed by atoms with E-state index in [2.05, 4.69) is 21.3 Å². The summed E-state index contributed by atoms with van der Waals surface area (Å²) in [5.74, 6) is 0.892. The van der Waals surface area contributed by atoms with Crippen LogP contribution in [0.3, 0.4) is 0 Å². The SMILES string of the molecule is Cc1ccccc1-n1c(SCC(=O)c2cn(CCC#N)c3ccccc23)nnc1-c1cccnc1. The third-order valence-corrected chi connectivity index (χ3v) is 6.72. The number of carbonyl (C=O) groups excluding carboxylic acids is 1. The highest BCUT2D eigenvalue weighted by Gasteiger charge is 2.20. The van der Waals surface area contributed by atoms with E-state index in [-0.39, 0.29) is 11.5 Å². The van der Waals surface area contributed by atoms with Crippen molar-refractivity contribution < 1.29 is 4.79 Å². The van der Waals surface area contributed by atoms with Crippen LogP contribution in [0.2, 0.25) is 0 Å². The number of nitrogens with zero attached hydrogens (tertiary/aromatic N) is 6. The van der Waals surface area contributed by atoms with Crippen molar-refractivity contribution in [3.05, 3.63) is 90.4 Å². The fourth-order valence-electron chi connectivity index (χ4n) is 4.11. The molecule has 0 spiro atoms. The van der Waals surface area contributed by atoms with Crippen LogP contribution < -0.4 is 0 Å². The van der Waals surface area contributed by atoms with Gasteiger partial charge in [0.1, 0.15) is 0 Å². The number of rotatable bonds is 8. The summed E-state index contributed by atoms with van der Waals surface area (Å²) >= 11 is 1.36. The predicted octanol–water partition coefficient (Wildman–Crippen LogP) is 5.48. The largest absolute Gasteiger partial charge is 0.346 e. The van der Waals surface area contributed by atoms with Crippen LogP contribution in [0.5, 0.6) is 0 Å². The lowest BCUT2D eigenvalue weighted by atomic mass is 10.1. The van der Waals surface area contributed by atoms with Crippen molar-refractivity contribution in [3.8, 4) is 23.1 Å². The van der Waals surface area contributed by atoms with Crippen molar-refractivity contribution in [2.45, 2.75) is 25.0 Å². The van der Waals surface area contributed by atoms with E-state index in [1.807, 2.05) is 82.9 Å². The molecule has 0 aliphatic rings. The van der Waals surface area contributed by atoms with Crippen LogP contribution in [0.4, 0.5) is 0 Å². The monoisotopic (exact) mass is 478 g/mol. The zero-order valence-corrected chi connectivity index (χ0v) is 19.9. The summed E-state index contributed by atoms with van der Waals surface area (Å²) < 4.78 is 3.97. The smallest absolute Gasteiger partial charge is 0.196 e. The zero-order chi connectivity index (χ0) is 24.2. The third kappa shape index (κ3) is 4.46. The molecule has 0 fully saturated rings. The van der Waals surface area contributed by atoms with Crippen molar-refractivity contribution in [3.63, 3.8) is 0 Å². The topological polar surface area (TPSA) is 89.4 Å². The van der Waals surface area contributed by atoms with Crippen LogP contribution in [0.25, 0.3) is 28.0 Å². The summed E-state index contributed by atoms with van der Waals surface area (Å²) in [6.07, 6.45) is 5.73. The summed E-state index contributed by atoms with van der Waals surface area (Å²) in [5.41, 5.74) is 4.49. The summed E-state index contributed by atoms with van der Waals surface area (Å²) in [5, 5.41) is 19.4. The normalized spacial score (nSPS) is 11.0. The minimum Gasteiger partial charge on any atom is -0.346 e. The second-order valence-corrected chi connectivity index (χ2v) is 8.99. The number of hydrogen-bond donors (Lipinski definition) is 0. The molecule has 8 heteroatoms. The van der Waals surface area contributed by atoms with Gasteiger partial charge in [-0.3, -0.25) is 14.3 Å². The number of carbonyl (C=O) groups is 1. The van der Waals surface area contributed by atoms with Crippen molar-refractivity contribution in [2.75, 3.05) is 5.75 Å². The minimum atomic E-state index is 0.00386. The molecule has 0 amide bonds. The van der Waals surface area contributed by atoms with Gasteiger partial charge in [-0.05, 0) is 36.8 Å². The van der Waals surface area contributed by atoms with Crippen molar-refractivity contribution in [1.82, 2.24) is 24.3 Å². The second kappa shape index (κ2) is 9.95. The van der Waals surface area contributed by atoms with Gasteiger partial charge in [0.25, 0.3) is 0 Å². The van der Waals surface area contributed by atoms with Gasteiger partial charge in [-0.15, -0.1) is 10.2 Å². The van der Waals surface area contributed by atoms with E-state index in [1.54, 1.807) is 12.4 Å². The van der Waals surface area contributed by atoms with E-state index in [0.717, 1.165) is 27.7 Å². The highest BCUT2D eigenvalue weighted by Crippen LogP contribution is 2.30. The van der Waals surface area contributed by atoms with Crippen LogP contribution in [0, 0.1) is 18.3 Å². The van der Waals surface area contributed by atoms with Gasteiger partial charge in [0.15, 0.2) is 16.8 Å². The standard InChI is InChI=1S/C27H22N6OS/c1-19-8-2-4-11-23(19)33-26(20-9-6-14-29-16-20)30-31-27(33)35-18-25(34)22-17-32(15-7-13-28)24-12-5-3-10-21(22)24/h2-6,8-12,14,16-17H,7,15,18H2,1H3. The predicted molar refractivity (Wildman–Crippen MR) is 137 cm³/mol. The molecule has 0 saturated carbocycles. The van der Waals surface area contributed by atoms with Crippen LogP contribution in [-0.2, 0) is 6.54 Å². The Morgan fingerprint density at radius 1 is 1.06 bits per heavy atom.